The fourth-order valence-corrected chi connectivity index (χ4v) is 4.58. The van der Waals surface area contributed by atoms with Crippen molar-refractivity contribution >= 4 is 44.6 Å². The molecule has 0 atom stereocenters. The topological polar surface area (TPSA) is 0 Å². The number of thiophene rings is 1. The summed E-state index contributed by atoms with van der Waals surface area (Å²) in [5, 5.41) is 2.72. The molecule has 0 amide bonds. The van der Waals surface area contributed by atoms with Crippen molar-refractivity contribution in [3.8, 4) is 21.6 Å². The van der Waals surface area contributed by atoms with Gasteiger partial charge in [-0.25, -0.2) is 0 Å². The highest BCUT2D eigenvalue weighted by Crippen LogP contribution is 2.47. The monoisotopic (exact) mass is 354 g/mol. The van der Waals surface area contributed by atoms with E-state index >= 15 is 0 Å². The van der Waals surface area contributed by atoms with Gasteiger partial charge in [0.25, 0.3) is 0 Å². The van der Waals surface area contributed by atoms with Gasteiger partial charge in [-0.3, -0.25) is 0 Å². The molecular formula is C20H12Cl2S. The maximum atomic E-state index is 6.49. The van der Waals surface area contributed by atoms with Gasteiger partial charge in [0.05, 0.1) is 0 Å². The molecule has 0 aliphatic heterocycles. The molecule has 1 aromatic heterocycles. The molecule has 0 unspecified atom stereocenters. The second-order valence-corrected chi connectivity index (χ2v) is 7.13. The van der Waals surface area contributed by atoms with Crippen LogP contribution in [0.5, 0.6) is 0 Å². The van der Waals surface area contributed by atoms with E-state index in [0.717, 1.165) is 31.6 Å². The molecule has 0 saturated heterocycles. The van der Waals surface area contributed by atoms with E-state index in [4.69, 9.17) is 23.2 Å². The minimum atomic E-state index is 0.754. The number of halogens is 2. The van der Waals surface area contributed by atoms with E-state index in [-0.39, 0.29) is 0 Å². The van der Waals surface area contributed by atoms with Crippen LogP contribution in [0.25, 0.3) is 31.7 Å². The predicted molar refractivity (Wildman–Crippen MR) is 103 cm³/mol. The van der Waals surface area contributed by atoms with E-state index in [1.807, 2.05) is 36.4 Å². The van der Waals surface area contributed by atoms with Gasteiger partial charge in [0.15, 0.2) is 0 Å². The molecule has 0 aliphatic rings. The predicted octanol–water partition coefficient (Wildman–Crippen LogP) is 7.54. The molecule has 0 aliphatic carbocycles. The Hall–Kier alpha value is -1.80. The third kappa shape index (κ3) is 2.55. The van der Waals surface area contributed by atoms with Crippen molar-refractivity contribution in [2.75, 3.05) is 0 Å². The number of fused-ring (bicyclic) bond motifs is 1. The van der Waals surface area contributed by atoms with Crippen molar-refractivity contribution in [3.05, 3.63) is 82.8 Å². The molecule has 0 N–H and O–H groups in total. The van der Waals surface area contributed by atoms with Crippen LogP contribution in [0, 0.1) is 0 Å². The van der Waals surface area contributed by atoms with Crippen LogP contribution in [0.3, 0.4) is 0 Å². The second-order valence-electron chi connectivity index (χ2n) is 5.26. The van der Waals surface area contributed by atoms with Gasteiger partial charge in [-0.2, -0.15) is 0 Å². The Kier molecular flexibility index (Phi) is 3.86. The average molecular weight is 355 g/mol. The van der Waals surface area contributed by atoms with Crippen LogP contribution in [0.2, 0.25) is 10.0 Å². The molecule has 0 spiro atoms. The Morgan fingerprint density at radius 1 is 0.609 bits per heavy atom. The number of hydrogen-bond acceptors (Lipinski definition) is 1. The van der Waals surface area contributed by atoms with Crippen LogP contribution in [0.15, 0.2) is 72.8 Å². The standard InChI is InChI=1S/C20H12Cl2S/c21-16-10-4-1-7-13(16)19-15-9-3-6-12-18(15)23-20(19)14-8-2-5-11-17(14)22/h1-12H. The first-order valence-electron chi connectivity index (χ1n) is 7.27. The minimum absolute atomic E-state index is 0.754. The van der Waals surface area contributed by atoms with E-state index < -0.39 is 0 Å². The van der Waals surface area contributed by atoms with Crippen LogP contribution in [0.4, 0.5) is 0 Å². The van der Waals surface area contributed by atoms with E-state index in [1.54, 1.807) is 11.3 Å². The molecule has 0 fully saturated rings. The van der Waals surface area contributed by atoms with Crippen molar-refractivity contribution in [2.45, 2.75) is 0 Å². The van der Waals surface area contributed by atoms with Gasteiger partial charge in [-0.1, -0.05) is 77.8 Å². The van der Waals surface area contributed by atoms with Crippen molar-refractivity contribution in [1.29, 1.82) is 0 Å². The summed E-state index contributed by atoms with van der Waals surface area (Å²) in [6, 6.07) is 24.3. The number of hydrogen-bond donors (Lipinski definition) is 0. The zero-order chi connectivity index (χ0) is 15.8. The molecule has 4 aromatic rings. The molecule has 1 heterocycles. The van der Waals surface area contributed by atoms with Gasteiger partial charge in [-0.15, -0.1) is 11.3 Å². The van der Waals surface area contributed by atoms with Crippen LogP contribution in [-0.4, -0.2) is 0 Å². The maximum Gasteiger partial charge on any atom is 0.0492 e. The highest BCUT2D eigenvalue weighted by molar-refractivity contribution is 7.23. The summed E-state index contributed by atoms with van der Waals surface area (Å²) in [6.07, 6.45) is 0. The van der Waals surface area contributed by atoms with E-state index in [0.29, 0.717) is 0 Å². The molecule has 0 radical (unpaired) electrons. The van der Waals surface area contributed by atoms with Crippen LogP contribution >= 0.6 is 34.5 Å². The lowest BCUT2D eigenvalue weighted by atomic mass is 9.99. The Balaban J connectivity index is 2.12. The largest absolute Gasteiger partial charge is 0.134 e. The molecule has 0 saturated carbocycles. The zero-order valence-electron chi connectivity index (χ0n) is 12.1. The highest BCUT2D eigenvalue weighted by Gasteiger charge is 2.18. The molecule has 3 heteroatoms. The summed E-state index contributed by atoms with van der Waals surface area (Å²) in [7, 11) is 0. The molecule has 4 rings (SSSR count). The lowest BCUT2D eigenvalue weighted by Gasteiger charge is -2.09. The lowest BCUT2D eigenvalue weighted by Crippen LogP contribution is -1.82. The first-order valence-corrected chi connectivity index (χ1v) is 8.84. The lowest BCUT2D eigenvalue weighted by molar-refractivity contribution is 1.66. The van der Waals surface area contributed by atoms with Crippen molar-refractivity contribution in [2.24, 2.45) is 0 Å². The fraction of sp³-hybridized carbons (Fsp3) is 0. The van der Waals surface area contributed by atoms with Gasteiger partial charge >= 0.3 is 0 Å². The van der Waals surface area contributed by atoms with E-state index in [2.05, 4.69) is 36.4 Å². The van der Waals surface area contributed by atoms with Crippen LogP contribution < -0.4 is 0 Å². The van der Waals surface area contributed by atoms with Gasteiger partial charge in [-0.05, 0) is 18.2 Å². The summed E-state index contributed by atoms with van der Waals surface area (Å²) in [4.78, 5) is 1.16. The first kappa shape index (κ1) is 14.8. The molecule has 23 heavy (non-hydrogen) atoms. The summed E-state index contributed by atoms with van der Waals surface area (Å²) < 4.78 is 1.23. The molecule has 0 bridgehead atoms. The highest BCUT2D eigenvalue weighted by atomic mass is 35.5. The minimum Gasteiger partial charge on any atom is -0.134 e. The Labute approximate surface area is 148 Å². The second kappa shape index (κ2) is 6.01. The summed E-state index contributed by atoms with van der Waals surface area (Å²) in [6.45, 7) is 0. The van der Waals surface area contributed by atoms with Crippen LogP contribution in [-0.2, 0) is 0 Å². The van der Waals surface area contributed by atoms with Crippen molar-refractivity contribution in [1.82, 2.24) is 0 Å². The molecule has 0 nitrogen and oxygen atoms in total. The normalized spacial score (nSPS) is 11.0. The van der Waals surface area contributed by atoms with Gasteiger partial charge in [0, 0.05) is 41.7 Å². The quantitative estimate of drug-likeness (QED) is 0.348. The summed E-state index contributed by atoms with van der Waals surface area (Å²) >= 11 is 14.7. The SMILES string of the molecule is Clc1ccccc1-c1sc2ccccc2c1-c1ccccc1Cl. The Bertz CT molecular complexity index is 1000. The average Bonchev–Trinajstić information content (AvgIpc) is 2.95. The number of rotatable bonds is 2. The van der Waals surface area contributed by atoms with Crippen LogP contribution in [0.1, 0.15) is 0 Å². The Morgan fingerprint density at radius 3 is 1.87 bits per heavy atom. The zero-order valence-corrected chi connectivity index (χ0v) is 14.4. The first-order chi connectivity index (χ1) is 11.3. The number of benzene rings is 3. The van der Waals surface area contributed by atoms with Gasteiger partial charge in [0.1, 0.15) is 0 Å². The van der Waals surface area contributed by atoms with Crippen molar-refractivity contribution < 1.29 is 0 Å². The third-order valence-electron chi connectivity index (χ3n) is 3.86. The molecular weight excluding hydrogens is 343 g/mol. The maximum absolute atomic E-state index is 6.49. The smallest absolute Gasteiger partial charge is 0.0492 e. The summed E-state index contributed by atoms with van der Waals surface area (Å²) in [5.74, 6) is 0. The van der Waals surface area contributed by atoms with Gasteiger partial charge in [0.2, 0.25) is 0 Å². The molecule has 3 aromatic carbocycles. The van der Waals surface area contributed by atoms with Crippen molar-refractivity contribution in [3.63, 3.8) is 0 Å². The molecule has 112 valence electrons. The van der Waals surface area contributed by atoms with E-state index in [9.17, 15) is 0 Å². The Morgan fingerprint density at radius 2 is 1.17 bits per heavy atom. The fourth-order valence-electron chi connectivity index (χ4n) is 2.81. The van der Waals surface area contributed by atoms with E-state index in [1.165, 1.54) is 10.1 Å². The third-order valence-corrected chi connectivity index (χ3v) is 5.72. The van der Waals surface area contributed by atoms with Gasteiger partial charge < -0.3 is 0 Å². The summed E-state index contributed by atoms with van der Waals surface area (Å²) in [5.41, 5.74) is 3.25.